The van der Waals surface area contributed by atoms with Gasteiger partial charge in [0.2, 0.25) is 0 Å². The lowest BCUT2D eigenvalue weighted by Crippen LogP contribution is -2.01. The minimum atomic E-state index is 0.496. The Kier molecular flexibility index (Phi) is 8.15. The molecule has 0 fully saturated rings. The predicted octanol–water partition coefficient (Wildman–Crippen LogP) is 16.1. The van der Waals surface area contributed by atoms with Crippen molar-refractivity contribution >= 4 is 76.6 Å². The Bertz CT molecular complexity index is 4150. The first-order valence-electron chi connectivity index (χ1n) is 22.3. The third-order valence-corrected chi connectivity index (χ3v) is 13.0. The largest absolute Gasteiger partial charge is 0.455 e. The molecule has 0 bridgehead atoms. The lowest BCUT2D eigenvalue weighted by Gasteiger charge is -2.13. The fourth-order valence-corrected chi connectivity index (χ4v) is 9.86. The Balaban J connectivity index is 1.03. The summed E-state index contributed by atoms with van der Waals surface area (Å²) in [5, 5.41) is 8.56. The average Bonchev–Trinajstić information content (AvgIpc) is 4.10. The molecule has 0 radical (unpaired) electrons. The number of furan rings is 3. The quantitative estimate of drug-likeness (QED) is 0.164. The summed E-state index contributed by atoms with van der Waals surface area (Å²) in [4.78, 5) is 20.3. The highest BCUT2D eigenvalue weighted by Crippen LogP contribution is 2.43. The molecule has 14 aromatic rings. The van der Waals surface area contributed by atoms with Crippen molar-refractivity contribution in [3.05, 3.63) is 207 Å². The van der Waals surface area contributed by atoms with Gasteiger partial charge in [-0.3, -0.25) is 4.98 Å². The molecule has 0 atom stereocenters. The van der Waals surface area contributed by atoms with Crippen LogP contribution in [0.15, 0.2) is 220 Å². The number of aromatic nitrogens is 4. The van der Waals surface area contributed by atoms with Crippen molar-refractivity contribution in [3.63, 3.8) is 0 Å². The topological polar surface area (TPSA) is 91.0 Å². The molecule has 0 saturated carbocycles. The number of fused-ring (bicyclic) bond motifs is 11. The van der Waals surface area contributed by atoms with E-state index in [1.807, 2.05) is 60.8 Å². The van der Waals surface area contributed by atoms with Crippen LogP contribution in [-0.2, 0) is 0 Å². The number of para-hydroxylation sites is 5. The van der Waals surface area contributed by atoms with Crippen LogP contribution < -0.4 is 0 Å². The zero-order chi connectivity index (χ0) is 44.0. The summed E-state index contributed by atoms with van der Waals surface area (Å²) in [6, 6.07) is 66.6. The lowest BCUT2D eigenvalue weighted by atomic mass is 9.94. The zero-order valence-electron chi connectivity index (χ0n) is 35.6. The minimum Gasteiger partial charge on any atom is -0.455 e. The molecular weight excluding hydrogens is 825 g/mol. The van der Waals surface area contributed by atoms with E-state index < -0.39 is 0 Å². The Morgan fingerprint density at radius 3 is 1.49 bits per heavy atom. The van der Waals surface area contributed by atoms with Crippen LogP contribution in [0.2, 0.25) is 0 Å². The number of hydrogen-bond donors (Lipinski definition) is 0. The van der Waals surface area contributed by atoms with Crippen LogP contribution in [0.1, 0.15) is 0 Å². The van der Waals surface area contributed by atoms with Gasteiger partial charge < -0.3 is 13.3 Å². The van der Waals surface area contributed by atoms with Crippen molar-refractivity contribution in [2.45, 2.75) is 0 Å². The molecule has 7 heteroatoms. The van der Waals surface area contributed by atoms with E-state index in [1.54, 1.807) is 6.20 Å². The second kappa shape index (κ2) is 14.7. The molecule has 0 aliphatic carbocycles. The van der Waals surface area contributed by atoms with Crippen molar-refractivity contribution in [1.82, 2.24) is 19.9 Å². The summed E-state index contributed by atoms with van der Waals surface area (Å²) < 4.78 is 20.1. The van der Waals surface area contributed by atoms with Gasteiger partial charge in [0.25, 0.3) is 0 Å². The van der Waals surface area contributed by atoms with Gasteiger partial charge in [-0.05, 0) is 81.6 Å². The Labute approximate surface area is 382 Å². The summed E-state index contributed by atoms with van der Waals surface area (Å²) >= 11 is 0. The Hall–Kier alpha value is -9.20. The fourth-order valence-electron chi connectivity index (χ4n) is 9.86. The monoisotopic (exact) mass is 858 g/mol. The van der Waals surface area contributed by atoms with Crippen LogP contribution >= 0.6 is 0 Å². The highest BCUT2D eigenvalue weighted by molar-refractivity contribution is 6.20. The fraction of sp³-hybridized carbons (Fsp3) is 0. The van der Waals surface area contributed by atoms with Gasteiger partial charge in [0, 0.05) is 67.0 Å². The molecule has 14 rings (SSSR count). The molecule has 7 nitrogen and oxygen atoms in total. The van der Waals surface area contributed by atoms with Gasteiger partial charge in [0.15, 0.2) is 17.5 Å². The van der Waals surface area contributed by atoms with E-state index >= 15 is 0 Å². The van der Waals surface area contributed by atoms with Gasteiger partial charge in [0.1, 0.15) is 33.5 Å². The minimum absolute atomic E-state index is 0.496. The number of pyridine rings is 1. The highest BCUT2D eigenvalue weighted by atomic mass is 16.3. The van der Waals surface area contributed by atoms with Crippen molar-refractivity contribution in [2.75, 3.05) is 0 Å². The first-order valence-corrected chi connectivity index (χ1v) is 22.3. The number of rotatable bonds is 6. The van der Waals surface area contributed by atoms with E-state index in [2.05, 4.69) is 145 Å². The molecule has 0 N–H and O–H groups in total. The van der Waals surface area contributed by atoms with Crippen molar-refractivity contribution in [2.24, 2.45) is 0 Å². The van der Waals surface area contributed by atoms with Gasteiger partial charge in [0.05, 0.1) is 5.56 Å². The van der Waals surface area contributed by atoms with Crippen molar-refractivity contribution < 1.29 is 13.3 Å². The van der Waals surface area contributed by atoms with E-state index in [0.29, 0.717) is 23.1 Å². The Morgan fingerprint density at radius 1 is 0.299 bits per heavy atom. The smallest absolute Gasteiger partial charge is 0.167 e. The van der Waals surface area contributed by atoms with E-state index in [0.717, 1.165) is 121 Å². The zero-order valence-corrected chi connectivity index (χ0v) is 35.6. The maximum absolute atomic E-state index is 6.76. The summed E-state index contributed by atoms with van der Waals surface area (Å²) in [5.41, 5.74) is 13.1. The molecule has 5 aromatic heterocycles. The molecule has 9 aromatic carbocycles. The summed E-state index contributed by atoms with van der Waals surface area (Å²) in [6.45, 7) is 0. The van der Waals surface area contributed by atoms with Crippen LogP contribution in [0.25, 0.3) is 144 Å². The van der Waals surface area contributed by atoms with Crippen LogP contribution in [0.3, 0.4) is 0 Å². The number of benzene rings is 9. The van der Waals surface area contributed by atoms with E-state index in [-0.39, 0.29) is 0 Å². The van der Waals surface area contributed by atoms with Crippen LogP contribution in [0.5, 0.6) is 0 Å². The maximum atomic E-state index is 6.76. The summed E-state index contributed by atoms with van der Waals surface area (Å²) in [7, 11) is 0. The predicted molar refractivity (Wildman–Crippen MR) is 270 cm³/mol. The first-order chi connectivity index (χ1) is 33.2. The molecule has 0 spiro atoms. The number of hydrogen-bond acceptors (Lipinski definition) is 7. The third-order valence-electron chi connectivity index (χ3n) is 13.0. The number of nitrogens with zero attached hydrogens (tertiary/aromatic N) is 4. The SMILES string of the molecule is c1cncc(-c2ccc(-c3nc(-c4cc(-c5cccc6c5oc5ccccc56)cc(-c5cccc6c5oc5ccccc56)c4)nc(-c4cccc5c4oc4ccc6ccccc6c45)n3)cc2)c1. The van der Waals surface area contributed by atoms with Crippen LogP contribution in [-0.4, -0.2) is 19.9 Å². The molecule has 0 amide bonds. The van der Waals surface area contributed by atoms with Gasteiger partial charge in [-0.25, -0.2) is 15.0 Å². The third kappa shape index (κ3) is 5.99. The van der Waals surface area contributed by atoms with E-state index in [9.17, 15) is 0 Å². The second-order valence-electron chi connectivity index (χ2n) is 16.9. The summed E-state index contributed by atoms with van der Waals surface area (Å²) in [6.07, 6.45) is 3.65. The van der Waals surface area contributed by atoms with Gasteiger partial charge in [-0.2, -0.15) is 0 Å². The molecule has 0 unspecified atom stereocenters. The van der Waals surface area contributed by atoms with E-state index in [4.69, 9.17) is 28.2 Å². The highest BCUT2D eigenvalue weighted by Gasteiger charge is 2.22. The molecular formula is C60H34N4O3. The van der Waals surface area contributed by atoms with Crippen LogP contribution in [0, 0.1) is 0 Å². The molecule has 0 aliphatic heterocycles. The average molecular weight is 859 g/mol. The molecule has 67 heavy (non-hydrogen) atoms. The maximum Gasteiger partial charge on any atom is 0.167 e. The van der Waals surface area contributed by atoms with E-state index in [1.165, 1.54) is 0 Å². The molecule has 0 saturated heterocycles. The first kappa shape index (κ1) is 37.2. The molecule has 0 aliphatic rings. The second-order valence-corrected chi connectivity index (χ2v) is 16.9. The molecule has 5 heterocycles. The van der Waals surface area contributed by atoms with Crippen LogP contribution in [0.4, 0.5) is 0 Å². The standard InChI is InChI=1S/C60H34N4O3/c1-2-13-42-36(11-1)28-29-53-54(42)49-20-9-21-50(57(49)67-53)60-63-58(37-26-24-35(25-27-37)38-12-10-30-61-34-38)62-59(64-60)41-32-39(43-16-7-18-47-45-14-3-5-22-51(45)65-55(43)47)31-40(33-41)44-17-8-19-48-46-15-4-6-23-52(46)66-56(44)48/h1-34H. The van der Waals surface area contributed by atoms with Gasteiger partial charge in [-0.1, -0.05) is 146 Å². The van der Waals surface area contributed by atoms with Gasteiger partial charge in [-0.15, -0.1) is 0 Å². The Morgan fingerprint density at radius 2 is 0.821 bits per heavy atom. The lowest BCUT2D eigenvalue weighted by molar-refractivity contribution is 0.669. The molecule has 312 valence electrons. The van der Waals surface area contributed by atoms with Gasteiger partial charge >= 0.3 is 0 Å². The van der Waals surface area contributed by atoms with Crippen molar-refractivity contribution in [3.8, 4) is 67.5 Å². The normalized spacial score (nSPS) is 11.9. The summed E-state index contributed by atoms with van der Waals surface area (Å²) in [5.74, 6) is 1.53. The van der Waals surface area contributed by atoms with Crippen molar-refractivity contribution in [1.29, 1.82) is 0 Å².